The van der Waals surface area contributed by atoms with Crippen molar-refractivity contribution in [1.29, 1.82) is 5.26 Å². The zero-order valence-electron chi connectivity index (χ0n) is 9.59. The van der Waals surface area contributed by atoms with Crippen LogP contribution in [-0.4, -0.2) is 23.3 Å². The van der Waals surface area contributed by atoms with E-state index in [-0.39, 0.29) is 19.0 Å². The van der Waals surface area contributed by atoms with Crippen molar-refractivity contribution in [2.24, 2.45) is 0 Å². The molecule has 90 valence electrons. The standard InChI is InChI=1S/C13H11N3O2/c14-4-5-15-13(18)8-16-6-3-11-7-10(9-17)1-2-12(11)16/h1-3,6-7,9H,5,8H2,(H,15,18). The lowest BCUT2D eigenvalue weighted by atomic mass is 10.2. The first-order valence-electron chi connectivity index (χ1n) is 5.42. The molecule has 0 aliphatic heterocycles. The molecule has 0 saturated heterocycles. The number of nitriles is 1. The fraction of sp³-hybridized carbons (Fsp3) is 0.154. The lowest BCUT2D eigenvalue weighted by molar-refractivity contribution is -0.121. The number of amides is 1. The Labute approximate surface area is 104 Å². The lowest BCUT2D eigenvalue weighted by Crippen LogP contribution is -2.27. The normalized spacial score (nSPS) is 9.94. The van der Waals surface area contributed by atoms with Crippen LogP contribution in [0.15, 0.2) is 30.5 Å². The number of hydrogen-bond acceptors (Lipinski definition) is 3. The van der Waals surface area contributed by atoms with Crippen LogP contribution >= 0.6 is 0 Å². The molecule has 1 N–H and O–H groups in total. The molecular weight excluding hydrogens is 230 g/mol. The summed E-state index contributed by atoms with van der Waals surface area (Å²) in [6.07, 6.45) is 2.57. The SMILES string of the molecule is N#CCNC(=O)Cn1ccc2cc(C=O)ccc21. The Hall–Kier alpha value is -2.61. The molecule has 5 heteroatoms. The monoisotopic (exact) mass is 241 g/mol. The van der Waals surface area contributed by atoms with Crippen molar-refractivity contribution in [3.8, 4) is 6.07 Å². The van der Waals surface area contributed by atoms with Crippen molar-refractivity contribution in [3.63, 3.8) is 0 Å². The molecule has 0 unspecified atom stereocenters. The maximum absolute atomic E-state index is 11.5. The van der Waals surface area contributed by atoms with E-state index in [1.54, 1.807) is 29.0 Å². The fourth-order valence-electron chi connectivity index (χ4n) is 1.78. The minimum atomic E-state index is -0.214. The second kappa shape index (κ2) is 5.15. The third-order valence-electron chi connectivity index (χ3n) is 2.61. The Morgan fingerprint density at radius 2 is 2.28 bits per heavy atom. The smallest absolute Gasteiger partial charge is 0.240 e. The van der Waals surface area contributed by atoms with Gasteiger partial charge < -0.3 is 9.88 Å². The van der Waals surface area contributed by atoms with Gasteiger partial charge in [0.05, 0.1) is 6.07 Å². The van der Waals surface area contributed by atoms with Gasteiger partial charge in [0, 0.05) is 22.7 Å². The molecule has 0 aliphatic rings. The van der Waals surface area contributed by atoms with Crippen molar-refractivity contribution in [2.45, 2.75) is 6.54 Å². The zero-order valence-corrected chi connectivity index (χ0v) is 9.59. The average molecular weight is 241 g/mol. The van der Waals surface area contributed by atoms with Gasteiger partial charge in [-0.2, -0.15) is 5.26 Å². The first-order valence-corrected chi connectivity index (χ1v) is 5.42. The molecule has 1 aromatic carbocycles. The number of carbonyl (C=O) groups excluding carboxylic acids is 2. The molecule has 0 saturated carbocycles. The zero-order chi connectivity index (χ0) is 13.0. The average Bonchev–Trinajstić information content (AvgIpc) is 2.78. The van der Waals surface area contributed by atoms with Crippen LogP contribution in [0.25, 0.3) is 10.9 Å². The molecule has 1 amide bonds. The Balaban J connectivity index is 2.22. The van der Waals surface area contributed by atoms with E-state index in [0.29, 0.717) is 5.56 Å². The molecule has 1 heterocycles. The van der Waals surface area contributed by atoms with Crippen LogP contribution in [0.4, 0.5) is 0 Å². The van der Waals surface area contributed by atoms with Gasteiger partial charge in [-0.15, -0.1) is 0 Å². The van der Waals surface area contributed by atoms with Crippen LogP contribution in [0.2, 0.25) is 0 Å². The van der Waals surface area contributed by atoms with E-state index >= 15 is 0 Å². The highest BCUT2D eigenvalue weighted by atomic mass is 16.1. The highest BCUT2D eigenvalue weighted by molar-refractivity contribution is 5.88. The number of nitrogens with zero attached hydrogens (tertiary/aromatic N) is 2. The van der Waals surface area contributed by atoms with Gasteiger partial charge in [-0.05, 0) is 24.3 Å². The number of aldehydes is 1. The van der Waals surface area contributed by atoms with E-state index in [0.717, 1.165) is 17.2 Å². The van der Waals surface area contributed by atoms with Crippen molar-refractivity contribution < 1.29 is 9.59 Å². The summed E-state index contributed by atoms with van der Waals surface area (Å²) in [5.74, 6) is -0.214. The minimum Gasteiger partial charge on any atom is -0.341 e. The highest BCUT2D eigenvalue weighted by Crippen LogP contribution is 2.16. The molecule has 1 aromatic heterocycles. The number of rotatable bonds is 4. The molecule has 5 nitrogen and oxygen atoms in total. The lowest BCUT2D eigenvalue weighted by Gasteiger charge is -2.04. The first kappa shape index (κ1) is 11.9. The third-order valence-corrected chi connectivity index (χ3v) is 2.61. The van der Waals surface area contributed by atoms with E-state index in [4.69, 9.17) is 5.26 Å². The number of benzene rings is 1. The first-order chi connectivity index (χ1) is 8.74. The van der Waals surface area contributed by atoms with E-state index in [9.17, 15) is 9.59 Å². The molecular formula is C13H11N3O2. The maximum Gasteiger partial charge on any atom is 0.240 e. The highest BCUT2D eigenvalue weighted by Gasteiger charge is 2.06. The Morgan fingerprint density at radius 3 is 3.00 bits per heavy atom. The molecule has 2 aromatic rings. The van der Waals surface area contributed by atoms with Gasteiger partial charge in [0.15, 0.2) is 0 Å². The van der Waals surface area contributed by atoms with Gasteiger partial charge in [0.25, 0.3) is 0 Å². The van der Waals surface area contributed by atoms with Crippen LogP contribution in [0.3, 0.4) is 0 Å². The van der Waals surface area contributed by atoms with Crippen LogP contribution in [0.5, 0.6) is 0 Å². The van der Waals surface area contributed by atoms with E-state index in [1.165, 1.54) is 0 Å². The molecule has 0 radical (unpaired) electrons. The predicted molar refractivity (Wildman–Crippen MR) is 65.9 cm³/mol. The second-order valence-electron chi connectivity index (χ2n) is 3.81. The van der Waals surface area contributed by atoms with Gasteiger partial charge in [0.1, 0.15) is 19.4 Å². The van der Waals surface area contributed by atoms with E-state index in [2.05, 4.69) is 5.32 Å². The quantitative estimate of drug-likeness (QED) is 0.643. The summed E-state index contributed by atoms with van der Waals surface area (Å²) >= 11 is 0. The summed E-state index contributed by atoms with van der Waals surface area (Å²) in [5.41, 5.74) is 1.49. The summed E-state index contributed by atoms with van der Waals surface area (Å²) in [4.78, 5) is 22.1. The van der Waals surface area contributed by atoms with Crippen molar-refractivity contribution in [3.05, 3.63) is 36.0 Å². The predicted octanol–water partition coefficient (Wildman–Crippen LogP) is 1.09. The van der Waals surface area contributed by atoms with Crippen molar-refractivity contribution >= 4 is 23.1 Å². The summed E-state index contributed by atoms with van der Waals surface area (Å²) in [6.45, 7) is 0.166. The van der Waals surface area contributed by atoms with Gasteiger partial charge in [-0.25, -0.2) is 0 Å². The largest absolute Gasteiger partial charge is 0.341 e. The van der Waals surface area contributed by atoms with Gasteiger partial charge >= 0.3 is 0 Å². The van der Waals surface area contributed by atoms with E-state index in [1.807, 2.05) is 12.1 Å². The molecule has 0 fully saturated rings. The Kier molecular flexibility index (Phi) is 3.39. The second-order valence-corrected chi connectivity index (χ2v) is 3.81. The Morgan fingerprint density at radius 1 is 1.44 bits per heavy atom. The third kappa shape index (κ3) is 2.38. The summed E-state index contributed by atoms with van der Waals surface area (Å²) in [7, 11) is 0. The van der Waals surface area contributed by atoms with Crippen LogP contribution in [0.1, 0.15) is 10.4 Å². The minimum absolute atomic E-state index is 0.00727. The number of carbonyl (C=O) groups is 2. The number of hydrogen-bond donors (Lipinski definition) is 1. The number of nitrogens with one attached hydrogen (secondary N) is 1. The molecule has 18 heavy (non-hydrogen) atoms. The topological polar surface area (TPSA) is 74.9 Å². The van der Waals surface area contributed by atoms with Gasteiger partial charge in [0.2, 0.25) is 5.91 Å². The van der Waals surface area contributed by atoms with Crippen LogP contribution in [-0.2, 0) is 11.3 Å². The Bertz CT molecular complexity index is 637. The van der Waals surface area contributed by atoms with Crippen LogP contribution < -0.4 is 5.32 Å². The van der Waals surface area contributed by atoms with Gasteiger partial charge in [-0.1, -0.05) is 0 Å². The summed E-state index contributed by atoms with van der Waals surface area (Å²) < 4.78 is 1.77. The number of fused-ring (bicyclic) bond motifs is 1. The van der Waals surface area contributed by atoms with Crippen molar-refractivity contribution in [1.82, 2.24) is 9.88 Å². The molecule has 2 rings (SSSR count). The molecule has 0 aliphatic carbocycles. The van der Waals surface area contributed by atoms with E-state index < -0.39 is 0 Å². The fourth-order valence-corrected chi connectivity index (χ4v) is 1.78. The molecule has 0 bridgehead atoms. The van der Waals surface area contributed by atoms with Crippen molar-refractivity contribution in [2.75, 3.05) is 6.54 Å². The molecule has 0 spiro atoms. The number of aromatic nitrogens is 1. The summed E-state index contributed by atoms with van der Waals surface area (Å²) in [6, 6.07) is 8.98. The molecule has 0 atom stereocenters. The van der Waals surface area contributed by atoms with Crippen LogP contribution in [0, 0.1) is 11.3 Å². The summed E-state index contributed by atoms with van der Waals surface area (Å²) in [5, 5.41) is 11.8. The maximum atomic E-state index is 11.5. The van der Waals surface area contributed by atoms with Gasteiger partial charge in [-0.3, -0.25) is 9.59 Å².